The molecule has 0 amide bonds. The Kier molecular flexibility index (Phi) is 2.41. The lowest BCUT2D eigenvalue weighted by Gasteiger charge is -2.01. The Balaban J connectivity index is 2.45. The fourth-order valence-electron chi connectivity index (χ4n) is 1.43. The van der Waals surface area contributed by atoms with Crippen LogP contribution in [0.5, 0.6) is 0 Å². The topological polar surface area (TPSA) is 52.0 Å². The van der Waals surface area contributed by atoms with Crippen LogP contribution in [0.3, 0.4) is 0 Å². The lowest BCUT2D eigenvalue weighted by molar-refractivity contribution is 0.439. The van der Waals surface area contributed by atoms with E-state index in [1.165, 1.54) is 6.07 Å². The number of anilines is 1. The molecule has 0 aliphatic rings. The molecule has 2 rings (SSSR count). The van der Waals surface area contributed by atoms with E-state index in [9.17, 15) is 4.39 Å². The molecule has 4 heteroatoms. The molecule has 78 valence electrons. The van der Waals surface area contributed by atoms with Gasteiger partial charge in [-0.25, -0.2) is 4.39 Å². The number of halogens is 1. The van der Waals surface area contributed by atoms with Gasteiger partial charge in [-0.3, -0.25) is 0 Å². The lowest BCUT2D eigenvalue weighted by atomic mass is 10.1. The zero-order valence-corrected chi connectivity index (χ0v) is 8.33. The van der Waals surface area contributed by atoms with Gasteiger partial charge in [0.2, 0.25) is 5.88 Å². The highest BCUT2D eigenvalue weighted by Crippen LogP contribution is 2.22. The fourth-order valence-corrected chi connectivity index (χ4v) is 1.43. The van der Waals surface area contributed by atoms with Crippen molar-refractivity contribution in [2.45, 2.75) is 13.3 Å². The number of aryl methyl sites for hydroxylation is 1. The third kappa shape index (κ3) is 1.83. The number of rotatable bonds is 2. The molecule has 2 N–H and O–H groups in total. The van der Waals surface area contributed by atoms with Gasteiger partial charge in [0, 0.05) is 11.6 Å². The summed E-state index contributed by atoms with van der Waals surface area (Å²) >= 11 is 0. The van der Waals surface area contributed by atoms with Gasteiger partial charge in [0.25, 0.3) is 0 Å². The van der Waals surface area contributed by atoms with E-state index < -0.39 is 0 Å². The zero-order chi connectivity index (χ0) is 10.8. The van der Waals surface area contributed by atoms with Gasteiger partial charge in [-0.05, 0) is 30.2 Å². The molecule has 0 fully saturated rings. The number of benzene rings is 1. The maximum absolute atomic E-state index is 13.2. The van der Waals surface area contributed by atoms with E-state index in [4.69, 9.17) is 10.3 Å². The Morgan fingerprint density at radius 3 is 2.80 bits per heavy atom. The smallest absolute Gasteiger partial charge is 0.222 e. The highest BCUT2D eigenvalue weighted by Gasteiger charge is 2.07. The third-order valence-electron chi connectivity index (χ3n) is 2.25. The first-order valence-corrected chi connectivity index (χ1v) is 4.71. The molecular weight excluding hydrogens is 195 g/mol. The highest BCUT2D eigenvalue weighted by molar-refractivity contribution is 5.62. The summed E-state index contributed by atoms with van der Waals surface area (Å²) in [6.45, 7) is 1.90. The van der Waals surface area contributed by atoms with Crippen molar-refractivity contribution in [3.63, 3.8) is 0 Å². The molecule has 1 aromatic carbocycles. The van der Waals surface area contributed by atoms with Crippen LogP contribution in [0.2, 0.25) is 0 Å². The van der Waals surface area contributed by atoms with Crippen LogP contribution in [0.4, 0.5) is 10.3 Å². The van der Waals surface area contributed by atoms with Gasteiger partial charge < -0.3 is 10.3 Å². The molecule has 0 saturated carbocycles. The average molecular weight is 206 g/mol. The van der Waals surface area contributed by atoms with Gasteiger partial charge in [0.05, 0.1) is 0 Å². The summed E-state index contributed by atoms with van der Waals surface area (Å²) in [6, 6.07) is 6.46. The van der Waals surface area contributed by atoms with E-state index in [1.54, 1.807) is 18.2 Å². The summed E-state index contributed by atoms with van der Waals surface area (Å²) in [4.78, 5) is 0. The molecular formula is C11H11FN2O. The summed E-state index contributed by atoms with van der Waals surface area (Å²) in [5.74, 6) is 0.0603. The van der Waals surface area contributed by atoms with E-state index in [-0.39, 0.29) is 11.7 Å². The van der Waals surface area contributed by atoms with Gasteiger partial charge in [-0.15, -0.1) is 0 Å². The molecule has 15 heavy (non-hydrogen) atoms. The molecule has 0 radical (unpaired) electrons. The summed E-state index contributed by atoms with van der Waals surface area (Å²) in [7, 11) is 0. The van der Waals surface area contributed by atoms with Crippen molar-refractivity contribution < 1.29 is 8.91 Å². The Hall–Kier alpha value is -1.84. The van der Waals surface area contributed by atoms with Crippen molar-refractivity contribution in [3.05, 3.63) is 35.6 Å². The Labute approximate surface area is 86.7 Å². The minimum atomic E-state index is -0.197. The quantitative estimate of drug-likeness (QED) is 0.821. The van der Waals surface area contributed by atoms with Crippen molar-refractivity contribution >= 4 is 5.88 Å². The van der Waals surface area contributed by atoms with Crippen LogP contribution in [0.1, 0.15) is 12.5 Å². The fraction of sp³-hybridized carbons (Fsp3) is 0.182. The van der Waals surface area contributed by atoms with Gasteiger partial charge in [0.15, 0.2) is 0 Å². The van der Waals surface area contributed by atoms with Crippen LogP contribution in [0.25, 0.3) is 11.3 Å². The Morgan fingerprint density at radius 1 is 1.40 bits per heavy atom. The van der Waals surface area contributed by atoms with Crippen LogP contribution >= 0.6 is 0 Å². The predicted octanol–water partition coefficient (Wildman–Crippen LogP) is 2.63. The number of hydrogen-bond acceptors (Lipinski definition) is 3. The minimum absolute atomic E-state index is 0.197. The molecule has 1 heterocycles. The third-order valence-corrected chi connectivity index (χ3v) is 2.25. The Bertz CT molecular complexity index is 479. The van der Waals surface area contributed by atoms with Gasteiger partial charge >= 0.3 is 0 Å². The first kappa shape index (κ1) is 9.71. The van der Waals surface area contributed by atoms with Gasteiger partial charge in [0.1, 0.15) is 11.5 Å². The lowest BCUT2D eigenvalue weighted by Crippen LogP contribution is -1.88. The molecule has 2 aromatic rings. The molecule has 0 aliphatic heterocycles. The monoisotopic (exact) mass is 206 g/mol. The van der Waals surface area contributed by atoms with Gasteiger partial charge in [-0.2, -0.15) is 0 Å². The number of nitrogen functional groups attached to an aromatic ring is 1. The standard InChI is InChI=1S/C11H11FN2O/c1-2-7-5-8(3-4-9(7)12)10-6-11(13)15-14-10/h3-6H,2,13H2,1H3. The van der Waals surface area contributed by atoms with Crippen LogP contribution in [0, 0.1) is 5.82 Å². The van der Waals surface area contributed by atoms with Crippen molar-refractivity contribution in [2.24, 2.45) is 0 Å². The second-order valence-corrected chi connectivity index (χ2v) is 3.27. The first-order chi connectivity index (χ1) is 7.20. The van der Waals surface area contributed by atoms with E-state index >= 15 is 0 Å². The van der Waals surface area contributed by atoms with Crippen LogP contribution in [0.15, 0.2) is 28.8 Å². The molecule has 0 atom stereocenters. The van der Waals surface area contributed by atoms with E-state index in [2.05, 4.69) is 5.16 Å². The second kappa shape index (κ2) is 3.73. The normalized spacial score (nSPS) is 10.5. The van der Waals surface area contributed by atoms with E-state index in [0.717, 1.165) is 5.56 Å². The summed E-state index contributed by atoms with van der Waals surface area (Å²) in [6.07, 6.45) is 0.646. The maximum atomic E-state index is 13.2. The minimum Gasteiger partial charge on any atom is -0.368 e. The summed E-state index contributed by atoms with van der Waals surface area (Å²) < 4.78 is 18.0. The number of nitrogens with two attached hydrogens (primary N) is 1. The average Bonchev–Trinajstić information content (AvgIpc) is 2.66. The molecule has 0 aliphatic carbocycles. The van der Waals surface area contributed by atoms with Crippen LogP contribution in [-0.2, 0) is 6.42 Å². The number of nitrogens with zero attached hydrogens (tertiary/aromatic N) is 1. The van der Waals surface area contributed by atoms with Gasteiger partial charge in [-0.1, -0.05) is 12.1 Å². The molecule has 0 unspecified atom stereocenters. The maximum Gasteiger partial charge on any atom is 0.222 e. The van der Waals surface area contributed by atoms with Crippen molar-refractivity contribution in [2.75, 3.05) is 5.73 Å². The van der Waals surface area contributed by atoms with Crippen molar-refractivity contribution in [3.8, 4) is 11.3 Å². The van der Waals surface area contributed by atoms with Crippen LogP contribution < -0.4 is 5.73 Å². The van der Waals surface area contributed by atoms with E-state index in [1.807, 2.05) is 6.92 Å². The largest absolute Gasteiger partial charge is 0.368 e. The molecule has 3 nitrogen and oxygen atoms in total. The molecule has 0 spiro atoms. The number of aromatic nitrogens is 1. The highest BCUT2D eigenvalue weighted by atomic mass is 19.1. The molecule has 0 bridgehead atoms. The Morgan fingerprint density at radius 2 is 2.20 bits per heavy atom. The SMILES string of the molecule is CCc1cc(-c2cc(N)on2)ccc1F. The van der Waals surface area contributed by atoms with Crippen molar-refractivity contribution in [1.29, 1.82) is 0 Å². The molecule has 0 saturated heterocycles. The summed E-state index contributed by atoms with van der Waals surface area (Å²) in [5.41, 5.74) is 7.51. The zero-order valence-electron chi connectivity index (χ0n) is 8.33. The number of hydrogen-bond donors (Lipinski definition) is 1. The predicted molar refractivity (Wildman–Crippen MR) is 55.7 cm³/mol. The second-order valence-electron chi connectivity index (χ2n) is 3.27. The summed E-state index contributed by atoms with van der Waals surface area (Å²) in [5, 5.41) is 3.77. The molecule has 1 aromatic heterocycles. The first-order valence-electron chi connectivity index (χ1n) is 4.71. The van der Waals surface area contributed by atoms with E-state index in [0.29, 0.717) is 17.7 Å². The van der Waals surface area contributed by atoms with Crippen molar-refractivity contribution in [1.82, 2.24) is 5.16 Å². The van der Waals surface area contributed by atoms with Crippen LogP contribution in [-0.4, -0.2) is 5.16 Å².